The van der Waals surface area contributed by atoms with Gasteiger partial charge in [-0.1, -0.05) is 0 Å². The average Bonchev–Trinajstić information content (AvgIpc) is 2.89. The fourth-order valence-electron chi connectivity index (χ4n) is 4.07. The highest BCUT2D eigenvalue weighted by molar-refractivity contribution is 5.76. The Labute approximate surface area is 133 Å². The van der Waals surface area contributed by atoms with Crippen LogP contribution in [0.2, 0.25) is 0 Å². The SMILES string of the molecule is CC(C)n1nccc1CN1CC[C@@H]2[C@@H](CCCC(=O)N2C)C1. The van der Waals surface area contributed by atoms with E-state index in [9.17, 15) is 4.79 Å². The maximum Gasteiger partial charge on any atom is 0.222 e. The second kappa shape index (κ2) is 6.41. The van der Waals surface area contributed by atoms with Crippen molar-refractivity contribution in [3.63, 3.8) is 0 Å². The quantitative estimate of drug-likeness (QED) is 0.860. The third-order valence-electron chi connectivity index (χ3n) is 5.26. The van der Waals surface area contributed by atoms with E-state index >= 15 is 0 Å². The van der Waals surface area contributed by atoms with Crippen LogP contribution in [0.5, 0.6) is 0 Å². The average molecular weight is 304 g/mol. The molecule has 5 nitrogen and oxygen atoms in total. The molecule has 22 heavy (non-hydrogen) atoms. The molecule has 2 aliphatic rings. The molecule has 3 heterocycles. The zero-order valence-electron chi connectivity index (χ0n) is 14.0. The van der Waals surface area contributed by atoms with Crippen LogP contribution in [0.25, 0.3) is 0 Å². The molecule has 122 valence electrons. The summed E-state index contributed by atoms with van der Waals surface area (Å²) in [5, 5.41) is 4.44. The number of hydrogen-bond donors (Lipinski definition) is 0. The highest BCUT2D eigenvalue weighted by atomic mass is 16.2. The molecule has 0 bridgehead atoms. The molecular weight excluding hydrogens is 276 g/mol. The van der Waals surface area contributed by atoms with Crippen LogP contribution < -0.4 is 0 Å². The Morgan fingerprint density at radius 3 is 2.95 bits per heavy atom. The summed E-state index contributed by atoms with van der Waals surface area (Å²) in [6.07, 6.45) is 5.95. The van der Waals surface area contributed by atoms with E-state index in [1.807, 2.05) is 18.1 Å². The standard InChI is InChI=1S/C17H28N4O/c1-13(2)21-15(7-9-18-21)12-20-10-8-16-14(11-20)5-4-6-17(22)19(16)3/h7,9,13-14,16H,4-6,8,10-12H2,1-3H3/t14-,16+/m0/s1. The van der Waals surface area contributed by atoms with Crippen molar-refractivity contribution in [1.29, 1.82) is 0 Å². The molecule has 3 rings (SSSR count). The lowest BCUT2D eigenvalue weighted by Crippen LogP contribution is -2.50. The maximum absolute atomic E-state index is 12.0. The molecule has 2 saturated heterocycles. The Hall–Kier alpha value is -1.36. The van der Waals surface area contributed by atoms with E-state index in [0.717, 1.165) is 38.9 Å². The number of likely N-dealkylation sites (tertiary alicyclic amines) is 2. The summed E-state index contributed by atoms with van der Waals surface area (Å²) < 4.78 is 2.12. The second-order valence-corrected chi connectivity index (χ2v) is 7.11. The number of aromatic nitrogens is 2. The lowest BCUT2D eigenvalue weighted by molar-refractivity contribution is -0.132. The van der Waals surface area contributed by atoms with Gasteiger partial charge in [-0.05, 0) is 45.1 Å². The number of amides is 1. The van der Waals surface area contributed by atoms with E-state index in [4.69, 9.17) is 0 Å². The molecule has 5 heteroatoms. The zero-order valence-corrected chi connectivity index (χ0v) is 14.0. The minimum atomic E-state index is 0.332. The van der Waals surface area contributed by atoms with Crippen molar-refractivity contribution in [2.75, 3.05) is 20.1 Å². The summed E-state index contributed by atoms with van der Waals surface area (Å²) in [6.45, 7) is 7.50. The molecular formula is C17H28N4O. The zero-order chi connectivity index (χ0) is 15.7. The van der Waals surface area contributed by atoms with Crippen LogP contribution in [-0.4, -0.2) is 51.7 Å². The normalized spacial score (nSPS) is 27.1. The molecule has 2 fully saturated rings. The predicted molar refractivity (Wildman–Crippen MR) is 86.4 cm³/mol. The summed E-state index contributed by atoms with van der Waals surface area (Å²) in [5.74, 6) is 0.958. The van der Waals surface area contributed by atoms with Crippen LogP contribution in [0.3, 0.4) is 0 Å². The monoisotopic (exact) mass is 304 g/mol. The van der Waals surface area contributed by atoms with Crippen LogP contribution in [0.1, 0.15) is 51.3 Å². The Kier molecular flexibility index (Phi) is 4.52. The van der Waals surface area contributed by atoms with Crippen molar-refractivity contribution < 1.29 is 4.79 Å². The molecule has 0 aromatic carbocycles. The minimum Gasteiger partial charge on any atom is -0.342 e. The number of nitrogens with zero attached hydrogens (tertiary/aromatic N) is 4. The van der Waals surface area contributed by atoms with E-state index in [-0.39, 0.29) is 0 Å². The van der Waals surface area contributed by atoms with Crippen molar-refractivity contribution in [3.05, 3.63) is 18.0 Å². The Balaban J connectivity index is 1.66. The first kappa shape index (κ1) is 15.5. The summed E-state index contributed by atoms with van der Waals surface area (Å²) >= 11 is 0. The largest absolute Gasteiger partial charge is 0.342 e. The third-order valence-corrected chi connectivity index (χ3v) is 5.26. The van der Waals surface area contributed by atoms with Crippen molar-refractivity contribution >= 4 is 5.91 Å². The molecule has 0 spiro atoms. The maximum atomic E-state index is 12.0. The summed E-state index contributed by atoms with van der Waals surface area (Å²) in [4.78, 5) is 16.6. The molecule has 0 N–H and O–H groups in total. The van der Waals surface area contributed by atoms with Crippen LogP contribution in [0.4, 0.5) is 0 Å². The minimum absolute atomic E-state index is 0.332. The van der Waals surface area contributed by atoms with Gasteiger partial charge in [0.1, 0.15) is 0 Å². The summed E-state index contributed by atoms with van der Waals surface area (Å²) in [6, 6.07) is 2.99. The fourth-order valence-corrected chi connectivity index (χ4v) is 4.07. The smallest absolute Gasteiger partial charge is 0.222 e. The van der Waals surface area contributed by atoms with E-state index < -0.39 is 0 Å². The lowest BCUT2D eigenvalue weighted by atomic mass is 9.88. The number of piperidine rings is 1. The first-order chi connectivity index (χ1) is 10.6. The topological polar surface area (TPSA) is 41.4 Å². The highest BCUT2D eigenvalue weighted by Crippen LogP contribution is 2.30. The van der Waals surface area contributed by atoms with E-state index in [1.165, 1.54) is 12.1 Å². The first-order valence-corrected chi connectivity index (χ1v) is 8.56. The van der Waals surface area contributed by atoms with Gasteiger partial charge in [-0.3, -0.25) is 14.4 Å². The van der Waals surface area contributed by atoms with Crippen molar-refractivity contribution in [2.45, 2.75) is 58.2 Å². The predicted octanol–water partition coefficient (Wildman–Crippen LogP) is 2.30. The molecule has 2 atom stereocenters. The number of fused-ring (bicyclic) bond motifs is 1. The van der Waals surface area contributed by atoms with Crippen molar-refractivity contribution in [1.82, 2.24) is 19.6 Å². The van der Waals surface area contributed by atoms with Gasteiger partial charge in [0.25, 0.3) is 0 Å². The third kappa shape index (κ3) is 3.05. The van der Waals surface area contributed by atoms with Gasteiger partial charge in [-0.25, -0.2) is 0 Å². The van der Waals surface area contributed by atoms with Gasteiger partial charge < -0.3 is 4.90 Å². The molecule has 1 amide bonds. The van der Waals surface area contributed by atoms with Crippen molar-refractivity contribution in [3.8, 4) is 0 Å². The fraction of sp³-hybridized carbons (Fsp3) is 0.765. The van der Waals surface area contributed by atoms with Gasteiger partial charge in [0.15, 0.2) is 0 Å². The van der Waals surface area contributed by atoms with Crippen LogP contribution in [0.15, 0.2) is 12.3 Å². The molecule has 0 saturated carbocycles. The lowest BCUT2D eigenvalue weighted by Gasteiger charge is -2.41. The Bertz CT molecular complexity index is 524. The molecule has 0 radical (unpaired) electrons. The number of hydrogen-bond acceptors (Lipinski definition) is 3. The van der Waals surface area contributed by atoms with E-state index in [2.05, 4.69) is 34.6 Å². The second-order valence-electron chi connectivity index (χ2n) is 7.11. The van der Waals surface area contributed by atoms with Gasteiger partial charge in [0.05, 0.1) is 5.69 Å². The molecule has 0 aliphatic carbocycles. The Morgan fingerprint density at radius 1 is 1.36 bits per heavy atom. The first-order valence-electron chi connectivity index (χ1n) is 8.56. The van der Waals surface area contributed by atoms with Gasteiger partial charge in [0, 0.05) is 51.4 Å². The molecule has 1 aromatic heterocycles. The molecule has 0 unspecified atom stereocenters. The van der Waals surface area contributed by atoms with Gasteiger partial charge in [-0.2, -0.15) is 5.10 Å². The molecule has 2 aliphatic heterocycles. The number of carbonyl (C=O) groups excluding carboxylic acids is 1. The Morgan fingerprint density at radius 2 is 2.18 bits per heavy atom. The van der Waals surface area contributed by atoms with E-state index in [1.54, 1.807) is 0 Å². The van der Waals surface area contributed by atoms with Crippen LogP contribution in [0, 0.1) is 5.92 Å². The number of rotatable bonds is 3. The van der Waals surface area contributed by atoms with Gasteiger partial charge in [-0.15, -0.1) is 0 Å². The summed E-state index contributed by atoms with van der Waals surface area (Å²) in [7, 11) is 1.99. The summed E-state index contributed by atoms with van der Waals surface area (Å²) in [5.41, 5.74) is 1.30. The highest BCUT2D eigenvalue weighted by Gasteiger charge is 2.35. The number of carbonyl (C=O) groups is 1. The van der Waals surface area contributed by atoms with E-state index in [0.29, 0.717) is 23.9 Å². The molecule has 1 aromatic rings. The van der Waals surface area contributed by atoms with Crippen molar-refractivity contribution in [2.24, 2.45) is 5.92 Å². The van der Waals surface area contributed by atoms with Crippen LogP contribution in [-0.2, 0) is 11.3 Å². The van der Waals surface area contributed by atoms with Gasteiger partial charge in [0.2, 0.25) is 5.91 Å². The van der Waals surface area contributed by atoms with Gasteiger partial charge >= 0.3 is 0 Å². The van der Waals surface area contributed by atoms with Crippen LogP contribution >= 0.6 is 0 Å².